The molecule has 1 amide bonds. The summed E-state index contributed by atoms with van der Waals surface area (Å²) in [6.07, 6.45) is 2.06. The van der Waals surface area contributed by atoms with Crippen LogP contribution < -0.4 is 10.6 Å². The second-order valence-electron chi connectivity index (χ2n) is 4.41. The van der Waals surface area contributed by atoms with Crippen molar-refractivity contribution in [2.45, 2.75) is 36.4 Å². The van der Waals surface area contributed by atoms with Crippen LogP contribution in [0.15, 0.2) is 0 Å². The lowest BCUT2D eigenvalue weighted by molar-refractivity contribution is -0.120. The number of carbonyl (C=O) groups is 1. The van der Waals surface area contributed by atoms with Crippen LogP contribution in [0, 0.1) is 0 Å². The number of halogens is 1. The number of methoxy groups -OCH3 is 1. The number of ether oxygens (including phenoxy) is 2. The van der Waals surface area contributed by atoms with Crippen LogP contribution in [-0.4, -0.2) is 49.5 Å². The fraction of sp³-hybridized carbons (Fsp3) is 0.917. The van der Waals surface area contributed by atoms with Gasteiger partial charge in [0.1, 0.15) is 3.61 Å². The first kappa shape index (κ1) is 18.1. The molecule has 0 saturated heterocycles. The van der Waals surface area contributed by atoms with Crippen molar-refractivity contribution in [2.75, 3.05) is 33.9 Å². The third kappa shape index (κ3) is 10.0. The van der Waals surface area contributed by atoms with Gasteiger partial charge in [0, 0.05) is 13.7 Å². The van der Waals surface area contributed by atoms with Crippen LogP contribution in [0.5, 0.6) is 0 Å². The highest BCUT2D eigenvalue weighted by molar-refractivity contribution is 14.1. The molecule has 0 saturated carbocycles. The van der Waals surface area contributed by atoms with E-state index >= 15 is 0 Å². The number of likely N-dealkylation sites (N-methyl/N-ethyl adjacent to an activating group) is 1. The third-order valence-electron chi connectivity index (χ3n) is 2.59. The highest BCUT2D eigenvalue weighted by Crippen LogP contribution is 2.25. The van der Waals surface area contributed by atoms with E-state index in [0.717, 1.165) is 12.8 Å². The first-order chi connectivity index (χ1) is 8.41. The van der Waals surface area contributed by atoms with Crippen LogP contribution in [-0.2, 0) is 14.3 Å². The molecule has 2 atom stereocenters. The summed E-state index contributed by atoms with van der Waals surface area (Å²) in [5.74, 6) is -0.00651. The Hall–Kier alpha value is 0.0800. The van der Waals surface area contributed by atoms with E-state index in [0.29, 0.717) is 19.7 Å². The van der Waals surface area contributed by atoms with Crippen molar-refractivity contribution in [3.8, 4) is 0 Å². The summed E-state index contributed by atoms with van der Waals surface area (Å²) >= 11 is 2.29. The summed E-state index contributed by atoms with van der Waals surface area (Å²) in [6, 6.07) is 0. The molecule has 0 aliphatic rings. The van der Waals surface area contributed by atoms with Crippen LogP contribution >= 0.6 is 22.6 Å². The fourth-order valence-corrected chi connectivity index (χ4v) is 1.63. The highest BCUT2D eigenvalue weighted by atomic mass is 127. The molecule has 0 aliphatic heterocycles. The average Bonchev–Trinajstić information content (AvgIpc) is 2.33. The molecule has 0 aliphatic carbocycles. The molecule has 0 aromatic carbocycles. The van der Waals surface area contributed by atoms with Gasteiger partial charge in [0.2, 0.25) is 5.91 Å². The minimum atomic E-state index is -0.129. The van der Waals surface area contributed by atoms with E-state index in [4.69, 9.17) is 9.47 Å². The van der Waals surface area contributed by atoms with E-state index in [1.165, 1.54) is 0 Å². The molecule has 0 radical (unpaired) electrons. The summed E-state index contributed by atoms with van der Waals surface area (Å²) in [6.45, 7) is 5.53. The molecule has 0 heterocycles. The van der Waals surface area contributed by atoms with Crippen molar-refractivity contribution in [3.63, 3.8) is 0 Å². The Kier molecular flexibility index (Phi) is 9.98. The summed E-state index contributed by atoms with van der Waals surface area (Å²) in [4.78, 5) is 11.1. The normalized spacial score (nSPS) is 16.1. The van der Waals surface area contributed by atoms with Crippen LogP contribution in [0.25, 0.3) is 0 Å². The van der Waals surface area contributed by atoms with E-state index in [1.807, 2.05) is 6.92 Å². The Morgan fingerprint density at radius 3 is 2.72 bits per heavy atom. The minimum absolute atomic E-state index is 0.00651. The van der Waals surface area contributed by atoms with Gasteiger partial charge in [0.25, 0.3) is 0 Å². The Morgan fingerprint density at radius 2 is 2.17 bits per heavy atom. The smallest absolute Gasteiger partial charge is 0.234 e. The predicted octanol–water partition coefficient (Wildman–Crippen LogP) is 1.30. The zero-order valence-electron chi connectivity index (χ0n) is 11.7. The molecule has 2 N–H and O–H groups in total. The van der Waals surface area contributed by atoms with Gasteiger partial charge in [-0.25, -0.2) is 0 Å². The maximum Gasteiger partial charge on any atom is 0.234 e. The second kappa shape index (κ2) is 9.94. The second-order valence-corrected chi connectivity index (χ2v) is 6.69. The third-order valence-corrected chi connectivity index (χ3v) is 3.57. The van der Waals surface area contributed by atoms with Crippen molar-refractivity contribution in [1.82, 2.24) is 10.6 Å². The molecule has 2 unspecified atom stereocenters. The standard InChI is InChI=1S/C12H25IN2O3/c1-10(5-6-12(2,13)17-4)18-8-7-15-11(16)9-14-3/h10,14H,5-9H2,1-4H3,(H,15,16). The molecule has 108 valence electrons. The largest absolute Gasteiger partial charge is 0.377 e. The molecule has 0 fully saturated rings. The Bertz CT molecular complexity index is 237. The van der Waals surface area contributed by atoms with Gasteiger partial charge >= 0.3 is 0 Å². The first-order valence-corrected chi connectivity index (χ1v) is 7.26. The monoisotopic (exact) mass is 372 g/mol. The topological polar surface area (TPSA) is 59.6 Å². The molecule has 5 nitrogen and oxygen atoms in total. The molecular formula is C12H25IN2O3. The van der Waals surface area contributed by atoms with E-state index in [1.54, 1.807) is 14.2 Å². The number of rotatable bonds is 10. The van der Waals surface area contributed by atoms with Gasteiger partial charge in [0.15, 0.2) is 0 Å². The van der Waals surface area contributed by atoms with Gasteiger partial charge in [-0.1, -0.05) is 0 Å². The van der Waals surface area contributed by atoms with Gasteiger partial charge < -0.3 is 20.1 Å². The number of alkyl halides is 1. The number of hydrogen-bond acceptors (Lipinski definition) is 4. The molecule has 0 spiro atoms. The zero-order chi connectivity index (χ0) is 14.0. The summed E-state index contributed by atoms with van der Waals surface area (Å²) < 4.78 is 10.8. The Labute approximate surface area is 124 Å². The summed E-state index contributed by atoms with van der Waals surface area (Å²) in [7, 11) is 3.46. The van der Waals surface area contributed by atoms with E-state index in [-0.39, 0.29) is 15.6 Å². The maximum absolute atomic E-state index is 11.1. The highest BCUT2D eigenvalue weighted by Gasteiger charge is 2.19. The Morgan fingerprint density at radius 1 is 1.50 bits per heavy atom. The number of amides is 1. The van der Waals surface area contributed by atoms with Gasteiger partial charge in [-0.15, -0.1) is 0 Å². The van der Waals surface area contributed by atoms with Gasteiger partial charge in [0.05, 0.1) is 19.3 Å². The average molecular weight is 372 g/mol. The molecular weight excluding hydrogens is 347 g/mol. The van der Waals surface area contributed by atoms with Crippen molar-refractivity contribution < 1.29 is 14.3 Å². The van der Waals surface area contributed by atoms with Crippen molar-refractivity contribution in [1.29, 1.82) is 0 Å². The van der Waals surface area contributed by atoms with Crippen LogP contribution in [0.3, 0.4) is 0 Å². The quantitative estimate of drug-likeness (QED) is 0.345. The van der Waals surface area contributed by atoms with Crippen LogP contribution in [0.4, 0.5) is 0 Å². The first-order valence-electron chi connectivity index (χ1n) is 6.18. The molecule has 0 bridgehead atoms. The maximum atomic E-state index is 11.1. The lowest BCUT2D eigenvalue weighted by atomic mass is 10.1. The summed E-state index contributed by atoms with van der Waals surface area (Å²) in [5, 5.41) is 5.56. The van der Waals surface area contributed by atoms with Gasteiger partial charge in [-0.2, -0.15) is 0 Å². The van der Waals surface area contributed by atoms with E-state index in [2.05, 4.69) is 40.1 Å². The fourth-order valence-electron chi connectivity index (χ4n) is 1.32. The van der Waals surface area contributed by atoms with Gasteiger partial charge in [-0.05, 0) is 56.3 Å². The van der Waals surface area contributed by atoms with Crippen LogP contribution in [0.1, 0.15) is 26.7 Å². The lowest BCUT2D eigenvalue weighted by Gasteiger charge is -2.22. The molecule has 0 aromatic heterocycles. The summed E-state index contributed by atoms with van der Waals surface area (Å²) in [5.41, 5.74) is 0. The number of carbonyl (C=O) groups excluding carboxylic acids is 1. The predicted molar refractivity (Wildman–Crippen MR) is 81.0 cm³/mol. The van der Waals surface area contributed by atoms with Gasteiger partial charge in [-0.3, -0.25) is 4.79 Å². The van der Waals surface area contributed by atoms with Crippen molar-refractivity contribution >= 4 is 28.5 Å². The minimum Gasteiger partial charge on any atom is -0.377 e. The van der Waals surface area contributed by atoms with E-state index < -0.39 is 0 Å². The molecule has 0 rings (SSSR count). The zero-order valence-corrected chi connectivity index (χ0v) is 13.9. The Balaban J connectivity index is 3.54. The van der Waals surface area contributed by atoms with E-state index in [9.17, 15) is 4.79 Å². The van der Waals surface area contributed by atoms with Crippen LogP contribution in [0.2, 0.25) is 0 Å². The number of hydrogen-bond donors (Lipinski definition) is 2. The number of nitrogens with one attached hydrogen (secondary N) is 2. The van der Waals surface area contributed by atoms with Crippen molar-refractivity contribution in [2.24, 2.45) is 0 Å². The molecule has 6 heteroatoms. The molecule has 18 heavy (non-hydrogen) atoms. The van der Waals surface area contributed by atoms with Crippen molar-refractivity contribution in [3.05, 3.63) is 0 Å². The SMILES string of the molecule is CNCC(=O)NCCOC(C)CCC(C)(I)OC. The lowest BCUT2D eigenvalue weighted by Crippen LogP contribution is -2.34. The molecule has 0 aromatic rings.